The molecule has 1 aromatic rings. The van der Waals surface area contributed by atoms with E-state index in [4.69, 9.17) is 9.47 Å². The Kier molecular flexibility index (Phi) is 5.02. The molecule has 1 heterocycles. The molecule has 2 rings (SSSR count). The number of methoxy groups -OCH3 is 1. The molecule has 1 fully saturated rings. The largest absolute Gasteiger partial charge is 0.497 e. The van der Waals surface area contributed by atoms with Crippen molar-refractivity contribution < 1.29 is 9.47 Å². The van der Waals surface area contributed by atoms with Crippen molar-refractivity contribution in [3.63, 3.8) is 0 Å². The standard InChI is InChI=1S/C7H8O.C4H8O/c1-8-7-5-3-2-4-6-7;1-2-4-5-3-1/h2-6H,1H3;1-4H2. The van der Waals surface area contributed by atoms with Crippen molar-refractivity contribution in [3.8, 4) is 5.75 Å². The summed E-state index contributed by atoms with van der Waals surface area (Å²) in [4.78, 5) is 0. The van der Waals surface area contributed by atoms with Crippen LogP contribution >= 0.6 is 0 Å². The van der Waals surface area contributed by atoms with Gasteiger partial charge in [-0.15, -0.1) is 0 Å². The lowest BCUT2D eigenvalue weighted by Gasteiger charge is -1.93. The van der Waals surface area contributed by atoms with Gasteiger partial charge in [0.05, 0.1) is 7.11 Å². The molecule has 1 saturated heterocycles. The molecule has 0 aromatic heterocycles. The van der Waals surface area contributed by atoms with Crippen molar-refractivity contribution in [1.29, 1.82) is 0 Å². The van der Waals surface area contributed by atoms with Gasteiger partial charge in [0.25, 0.3) is 0 Å². The highest BCUT2D eigenvalue weighted by molar-refractivity contribution is 5.20. The third-order valence-corrected chi connectivity index (χ3v) is 1.81. The van der Waals surface area contributed by atoms with Crippen LogP contribution in [0.3, 0.4) is 0 Å². The second-order valence-electron chi connectivity index (χ2n) is 2.84. The summed E-state index contributed by atoms with van der Waals surface area (Å²) < 4.78 is 9.86. The van der Waals surface area contributed by atoms with Gasteiger partial charge in [-0.2, -0.15) is 0 Å². The van der Waals surface area contributed by atoms with Crippen LogP contribution in [0.25, 0.3) is 0 Å². The number of para-hydroxylation sites is 1. The first-order chi connectivity index (χ1) is 6.43. The summed E-state index contributed by atoms with van der Waals surface area (Å²) in [6.07, 6.45) is 2.56. The van der Waals surface area contributed by atoms with Crippen LogP contribution in [0.5, 0.6) is 5.75 Å². The highest BCUT2D eigenvalue weighted by Gasteiger charge is 1.94. The quantitative estimate of drug-likeness (QED) is 0.661. The highest BCUT2D eigenvalue weighted by atomic mass is 16.5. The van der Waals surface area contributed by atoms with Crippen molar-refractivity contribution in [2.45, 2.75) is 12.8 Å². The Morgan fingerprint density at radius 3 is 2.00 bits per heavy atom. The minimum absolute atomic E-state index is 0.910. The Balaban J connectivity index is 0.000000145. The molecular weight excluding hydrogens is 164 g/mol. The molecule has 0 N–H and O–H groups in total. The van der Waals surface area contributed by atoms with Gasteiger partial charge in [0, 0.05) is 13.2 Å². The lowest BCUT2D eigenvalue weighted by Crippen LogP contribution is -1.78. The SMILES string of the molecule is C1CCOC1.COc1ccccc1. The molecular formula is C11H16O2. The van der Waals surface area contributed by atoms with E-state index in [1.807, 2.05) is 30.3 Å². The van der Waals surface area contributed by atoms with Crippen LogP contribution in [0.1, 0.15) is 12.8 Å². The van der Waals surface area contributed by atoms with Gasteiger partial charge in [0.2, 0.25) is 0 Å². The van der Waals surface area contributed by atoms with Crippen molar-refractivity contribution in [2.75, 3.05) is 20.3 Å². The molecule has 0 amide bonds. The predicted octanol–water partition coefficient (Wildman–Crippen LogP) is 2.49. The van der Waals surface area contributed by atoms with Gasteiger partial charge in [0.15, 0.2) is 0 Å². The van der Waals surface area contributed by atoms with Crippen molar-refractivity contribution in [2.24, 2.45) is 0 Å². The van der Waals surface area contributed by atoms with Crippen molar-refractivity contribution in [1.82, 2.24) is 0 Å². The van der Waals surface area contributed by atoms with E-state index in [1.54, 1.807) is 7.11 Å². The molecule has 1 aliphatic rings. The molecule has 0 unspecified atom stereocenters. The summed E-state index contributed by atoms with van der Waals surface area (Å²) >= 11 is 0. The number of rotatable bonds is 1. The summed E-state index contributed by atoms with van der Waals surface area (Å²) in [5.74, 6) is 0.910. The van der Waals surface area contributed by atoms with Gasteiger partial charge < -0.3 is 9.47 Å². The van der Waals surface area contributed by atoms with Crippen molar-refractivity contribution in [3.05, 3.63) is 30.3 Å². The maximum Gasteiger partial charge on any atom is 0.118 e. The van der Waals surface area contributed by atoms with E-state index in [1.165, 1.54) is 12.8 Å². The normalized spacial score (nSPS) is 14.5. The summed E-state index contributed by atoms with van der Waals surface area (Å²) in [5.41, 5.74) is 0. The molecule has 0 atom stereocenters. The van der Waals surface area contributed by atoms with Crippen LogP contribution in [0.15, 0.2) is 30.3 Å². The van der Waals surface area contributed by atoms with E-state index in [9.17, 15) is 0 Å². The average molecular weight is 180 g/mol. The minimum Gasteiger partial charge on any atom is -0.497 e. The van der Waals surface area contributed by atoms with E-state index in [-0.39, 0.29) is 0 Å². The Morgan fingerprint density at radius 2 is 1.69 bits per heavy atom. The monoisotopic (exact) mass is 180 g/mol. The lowest BCUT2D eigenvalue weighted by molar-refractivity contribution is 0.198. The molecule has 0 saturated carbocycles. The van der Waals surface area contributed by atoms with Crippen LogP contribution in [-0.2, 0) is 4.74 Å². The second kappa shape index (κ2) is 6.49. The van der Waals surface area contributed by atoms with E-state index < -0.39 is 0 Å². The van der Waals surface area contributed by atoms with Gasteiger partial charge in [0.1, 0.15) is 5.75 Å². The Labute approximate surface area is 79.5 Å². The van der Waals surface area contributed by atoms with Gasteiger partial charge >= 0.3 is 0 Å². The van der Waals surface area contributed by atoms with Crippen LogP contribution in [-0.4, -0.2) is 20.3 Å². The molecule has 0 radical (unpaired) electrons. The van der Waals surface area contributed by atoms with Crippen LogP contribution in [0.2, 0.25) is 0 Å². The first-order valence-electron chi connectivity index (χ1n) is 4.60. The smallest absolute Gasteiger partial charge is 0.118 e. The fraction of sp³-hybridized carbons (Fsp3) is 0.455. The van der Waals surface area contributed by atoms with Gasteiger partial charge in [-0.25, -0.2) is 0 Å². The van der Waals surface area contributed by atoms with Gasteiger partial charge in [-0.3, -0.25) is 0 Å². The summed E-state index contributed by atoms with van der Waals surface area (Å²) in [7, 11) is 1.66. The number of ether oxygens (including phenoxy) is 2. The third kappa shape index (κ3) is 4.53. The molecule has 2 nitrogen and oxygen atoms in total. The van der Waals surface area contributed by atoms with E-state index >= 15 is 0 Å². The zero-order valence-electron chi connectivity index (χ0n) is 8.03. The van der Waals surface area contributed by atoms with Crippen LogP contribution < -0.4 is 4.74 Å². The van der Waals surface area contributed by atoms with Crippen LogP contribution in [0.4, 0.5) is 0 Å². The van der Waals surface area contributed by atoms with Gasteiger partial charge in [-0.1, -0.05) is 18.2 Å². The summed E-state index contributed by atoms with van der Waals surface area (Å²) in [6, 6.07) is 9.68. The van der Waals surface area contributed by atoms with Crippen molar-refractivity contribution >= 4 is 0 Å². The average Bonchev–Trinajstić information content (AvgIpc) is 2.77. The van der Waals surface area contributed by atoms with E-state index in [0.717, 1.165) is 19.0 Å². The molecule has 2 heteroatoms. The first kappa shape index (κ1) is 10.1. The maximum atomic E-state index is 4.94. The minimum atomic E-state index is 0.910. The molecule has 1 aliphatic heterocycles. The predicted molar refractivity (Wildman–Crippen MR) is 53.0 cm³/mol. The maximum absolute atomic E-state index is 4.94. The van der Waals surface area contributed by atoms with E-state index in [2.05, 4.69) is 0 Å². The highest BCUT2D eigenvalue weighted by Crippen LogP contribution is 2.05. The van der Waals surface area contributed by atoms with Crippen LogP contribution in [0, 0.1) is 0 Å². The van der Waals surface area contributed by atoms with Gasteiger partial charge in [-0.05, 0) is 25.0 Å². The molecule has 72 valence electrons. The summed E-state index contributed by atoms with van der Waals surface area (Å²) in [5, 5.41) is 0. The number of hydrogen-bond donors (Lipinski definition) is 0. The fourth-order valence-electron chi connectivity index (χ4n) is 1.07. The Bertz CT molecular complexity index is 197. The Morgan fingerprint density at radius 1 is 1.08 bits per heavy atom. The number of hydrogen-bond acceptors (Lipinski definition) is 2. The Hall–Kier alpha value is -1.02. The topological polar surface area (TPSA) is 18.5 Å². The number of benzene rings is 1. The zero-order chi connectivity index (χ0) is 9.36. The molecule has 0 spiro atoms. The lowest BCUT2D eigenvalue weighted by atomic mass is 10.3. The van der Waals surface area contributed by atoms with E-state index in [0.29, 0.717) is 0 Å². The third-order valence-electron chi connectivity index (χ3n) is 1.81. The molecule has 1 aromatic carbocycles. The first-order valence-corrected chi connectivity index (χ1v) is 4.60. The zero-order valence-corrected chi connectivity index (χ0v) is 8.03. The summed E-state index contributed by atoms with van der Waals surface area (Å²) in [6.45, 7) is 2.00. The molecule has 13 heavy (non-hydrogen) atoms. The molecule has 0 aliphatic carbocycles. The molecule has 0 bridgehead atoms. The second-order valence-corrected chi connectivity index (χ2v) is 2.84. The fourth-order valence-corrected chi connectivity index (χ4v) is 1.07.